The van der Waals surface area contributed by atoms with E-state index in [0.717, 1.165) is 11.5 Å². The van der Waals surface area contributed by atoms with Crippen molar-refractivity contribution in [2.24, 2.45) is 0 Å². The van der Waals surface area contributed by atoms with Crippen molar-refractivity contribution >= 4 is 0 Å². The second-order valence-corrected chi connectivity index (χ2v) is 5.50. The smallest absolute Gasteiger partial charge is 0.347 e. The Labute approximate surface area is 112 Å². The number of hydrogen-bond acceptors (Lipinski definition) is 4. The fourth-order valence-corrected chi connectivity index (χ4v) is 1.63. The van der Waals surface area contributed by atoms with Gasteiger partial charge in [0.1, 0.15) is 11.5 Å². The van der Waals surface area contributed by atoms with Gasteiger partial charge in [-0.15, -0.1) is 0 Å². The Balaban J connectivity index is 2.02. The standard InChI is InChI=1S/C14H19N3O2/c1-14(2,3)16-9-11-5-6-12(19-11)10-17-8-4-7-15-13(17)18/h4-8,16H,9-10H2,1-3H3. The van der Waals surface area contributed by atoms with Crippen molar-refractivity contribution in [1.82, 2.24) is 14.9 Å². The first-order valence-electron chi connectivity index (χ1n) is 6.28. The summed E-state index contributed by atoms with van der Waals surface area (Å²) in [5.74, 6) is 1.61. The lowest BCUT2D eigenvalue weighted by Crippen LogP contribution is -2.34. The molecular formula is C14H19N3O2. The van der Waals surface area contributed by atoms with Gasteiger partial charge in [0.15, 0.2) is 0 Å². The van der Waals surface area contributed by atoms with E-state index in [9.17, 15) is 4.79 Å². The van der Waals surface area contributed by atoms with Crippen LogP contribution in [0.15, 0.2) is 39.8 Å². The van der Waals surface area contributed by atoms with Gasteiger partial charge in [0.05, 0.1) is 13.1 Å². The van der Waals surface area contributed by atoms with Gasteiger partial charge in [-0.05, 0) is 39.0 Å². The van der Waals surface area contributed by atoms with Crippen LogP contribution >= 0.6 is 0 Å². The van der Waals surface area contributed by atoms with E-state index >= 15 is 0 Å². The van der Waals surface area contributed by atoms with Crippen molar-refractivity contribution in [3.63, 3.8) is 0 Å². The molecule has 102 valence electrons. The molecule has 0 aliphatic rings. The number of rotatable bonds is 4. The Hall–Kier alpha value is -1.88. The van der Waals surface area contributed by atoms with Crippen LogP contribution in [0.25, 0.3) is 0 Å². The van der Waals surface area contributed by atoms with Crippen molar-refractivity contribution in [3.05, 3.63) is 52.6 Å². The minimum atomic E-state index is -0.270. The summed E-state index contributed by atoms with van der Waals surface area (Å²) >= 11 is 0. The molecule has 0 unspecified atom stereocenters. The maximum Gasteiger partial charge on any atom is 0.347 e. The molecule has 0 fully saturated rings. The summed E-state index contributed by atoms with van der Waals surface area (Å²) in [6, 6.07) is 5.54. The molecule has 19 heavy (non-hydrogen) atoms. The van der Waals surface area contributed by atoms with Crippen LogP contribution in [-0.2, 0) is 13.1 Å². The van der Waals surface area contributed by atoms with Crippen LogP contribution in [0, 0.1) is 0 Å². The van der Waals surface area contributed by atoms with Crippen molar-refractivity contribution in [3.8, 4) is 0 Å². The number of furan rings is 1. The van der Waals surface area contributed by atoms with E-state index in [1.165, 1.54) is 10.8 Å². The molecule has 5 heteroatoms. The molecule has 0 aliphatic carbocycles. The Morgan fingerprint density at radius 1 is 1.32 bits per heavy atom. The van der Waals surface area contributed by atoms with Crippen LogP contribution in [0.5, 0.6) is 0 Å². The topological polar surface area (TPSA) is 60.1 Å². The van der Waals surface area contributed by atoms with Crippen LogP contribution in [0.3, 0.4) is 0 Å². The molecule has 0 spiro atoms. The summed E-state index contributed by atoms with van der Waals surface area (Å²) in [6.07, 6.45) is 3.19. The van der Waals surface area contributed by atoms with Crippen LogP contribution in [-0.4, -0.2) is 15.1 Å². The number of hydrogen-bond donors (Lipinski definition) is 1. The molecule has 0 saturated heterocycles. The van der Waals surface area contributed by atoms with Crippen molar-refractivity contribution in [1.29, 1.82) is 0 Å². The molecule has 0 atom stereocenters. The third-order valence-electron chi connectivity index (χ3n) is 2.62. The maximum absolute atomic E-state index is 11.5. The minimum absolute atomic E-state index is 0.0489. The Kier molecular flexibility index (Phi) is 3.85. The molecule has 1 N–H and O–H groups in total. The molecule has 0 bridgehead atoms. The molecule has 0 saturated carbocycles. The van der Waals surface area contributed by atoms with Crippen LogP contribution in [0.2, 0.25) is 0 Å². The maximum atomic E-state index is 11.5. The van der Waals surface area contributed by atoms with E-state index in [1.54, 1.807) is 12.3 Å². The third kappa shape index (κ3) is 4.06. The van der Waals surface area contributed by atoms with Gasteiger partial charge in [-0.3, -0.25) is 4.57 Å². The van der Waals surface area contributed by atoms with Crippen LogP contribution in [0.1, 0.15) is 32.3 Å². The summed E-state index contributed by atoms with van der Waals surface area (Å²) in [5, 5.41) is 3.35. The average molecular weight is 261 g/mol. The van der Waals surface area contributed by atoms with Gasteiger partial charge in [-0.2, -0.15) is 0 Å². The SMILES string of the molecule is CC(C)(C)NCc1ccc(Cn2cccnc2=O)o1. The summed E-state index contributed by atoms with van der Waals surface area (Å²) in [4.78, 5) is 15.2. The zero-order chi connectivity index (χ0) is 13.9. The van der Waals surface area contributed by atoms with Gasteiger partial charge in [0.2, 0.25) is 0 Å². The van der Waals surface area contributed by atoms with Gasteiger partial charge in [0, 0.05) is 17.9 Å². The molecule has 2 aromatic rings. The van der Waals surface area contributed by atoms with E-state index in [2.05, 4.69) is 31.1 Å². The Morgan fingerprint density at radius 3 is 2.74 bits per heavy atom. The van der Waals surface area contributed by atoms with Gasteiger partial charge in [0.25, 0.3) is 0 Å². The zero-order valence-corrected chi connectivity index (χ0v) is 11.5. The molecule has 2 rings (SSSR count). The summed E-state index contributed by atoms with van der Waals surface area (Å²) in [6.45, 7) is 7.39. The molecule has 2 heterocycles. The highest BCUT2D eigenvalue weighted by Crippen LogP contribution is 2.10. The minimum Gasteiger partial charge on any atom is -0.463 e. The van der Waals surface area contributed by atoms with Crippen LogP contribution < -0.4 is 11.0 Å². The van der Waals surface area contributed by atoms with E-state index in [4.69, 9.17) is 4.42 Å². The summed E-state index contributed by atoms with van der Waals surface area (Å²) < 4.78 is 7.20. The van der Waals surface area contributed by atoms with Gasteiger partial charge in [-0.1, -0.05) is 0 Å². The fraction of sp³-hybridized carbons (Fsp3) is 0.429. The van der Waals surface area contributed by atoms with E-state index in [1.807, 2.05) is 12.1 Å². The largest absolute Gasteiger partial charge is 0.463 e. The Morgan fingerprint density at radius 2 is 2.05 bits per heavy atom. The van der Waals surface area contributed by atoms with Crippen molar-refractivity contribution < 1.29 is 4.42 Å². The van der Waals surface area contributed by atoms with Crippen LogP contribution in [0.4, 0.5) is 0 Å². The number of nitrogens with zero attached hydrogens (tertiary/aromatic N) is 2. The second kappa shape index (κ2) is 5.40. The van der Waals surface area contributed by atoms with Gasteiger partial charge < -0.3 is 9.73 Å². The first-order valence-corrected chi connectivity index (χ1v) is 6.28. The normalized spacial score (nSPS) is 11.7. The lowest BCUT2D eigenvalue weighted by molar-refractivity contribution is 0.375. The second-order valence-electron chi connectivity index (χ2n) is 5.50. The lowest BCUT2D eigenvalue weighted by atomic mass is 10.1. The van der Waals surface area contributed by atoms with Crippen molar-refractivity contribution in [2.45, 2.75) is 39.4 Å². The molecule has 0 radical (unpaired) electrons. The fourth-order valence-electron chi connectivity index (χ4n) is 1.63. The highest BCUT2D eigenvalue weighted by Gasteiger charge is 2.10. The average Bonchev–Trinajstić information content (AvgIpc) is 2.77. The summed E-state index contributed by atoms with van der Waals surface area (Å²) in [7, 11) is 0. The first kappa shape index (κ1) is 13.5. The quantitative estimate of drug-likeness (QED) is 0.911. The highest BCUT2D eigenvalue weighted by atomic mass is 16.3. The predicted molar refractivity (Wildman–Crippen MR) is 72.9 cm³/mol. The van der Waals surface area contributed by atoms with Gasteiger partial charge in [-0.25, -0.2) is 9.78 Å². The van der Waals surface area contributed by atoms with E-state index in [-0.39, 0.29) is 11.2 Å². The summed E-state index contributed by atoms with van der Waals surface area (Å²) in [5.41, 5.74) is -0.221. The molecule has 0 aliphatic heterocycles. The Bertz CT molecular complexity index is 593. The highest BCUT2D eigenvalue weighted by molar-refractivity contribution is 5.08. The predicted octanol–water partition coefficient (Wildman–Crippen LogP) is 1.77. The monoisotopic (exact) mass is 261 g/mol. The molecule has 5 nitrogen and oxygen atoms in total. The van der Waals surface area contributed by atoms with E-state index in [0.29, 0.717) is 13.1 Å². The molecular weight excluding hydrogens is 242 g/mol. The number of nitrogens with one attached hydrogen (secondary N) is 1. The number of aromatic nitrogens is 2. The van der Waals surface area contributed by atoms with E-state index < -0.39 is 0 Å². The molecule has 0 amide bonds. The molecule has 0 aromatic carbocycles. The molecule has 2 aromatic heterocycles. The lowest BCUT2D eigenvalue weighted by Gasteiger charge is -2.19. The third-order valence-corrected chi connectivity index (χ3v) is 2.62. The zero-order valence-electron chi connectivity index (χ0n) is 11.5. The van der Waals surface area contributed by atoms with Gasteiger partial charge >= 0.3 is 5.69 Å². The first-order chi connectivity index (χ1) is 8.94. The van der Waals surface area contributed by atoms with Crippen molar-refractivity contribution in [2.75, 3.05) is 0 Å².